The zero-order chi connectivity index (χ0) is 19.2. The highest BCUT2D eigenvalue weighted by Gasteiger charge is 2.24. The zero-order valence-corrected chi connectivity index (χ0v) is 16.1. The van der Waals surface area contributed by atoms with Crippen molar-refractivity contribution in [3.8, 4) is 11.5 Å². The van der Waals surface area contributed by atoms with Gasteiger partial charge in [0, 0.05) is 38.2 Å². The standard InChI is InChI=1S/C19H26N4O4/c1-4-5-17-20-18(27-21-17)13-22-8-10-23(11-9-22)19(24)14-6-7-15(25-2)16(12-14)26-3/h6-7,12H,4-5,8-11,13H2,1-3H3. The summed E-state index contributed by atoms with van der Waals surface area (Å²) in [6.45, 7) is 5.56. The fourth-order valence-electron chi connectivity index (χ4n) is 3.13. The predicted molar refractivity (Wildman–Crippen MR) is 99.0 cm³/mol. The first-order valence-corrected chi connectivity index (χ1v) is 9.19. The lowest BCUT2D eigenvalue weighted by Crippen LogP contribution is -2.48. The summed E-state index contributed by atoms with van der Waals surface area (Å²) in [5.41, 5.74) is 0.599. The molecule has 2 heterocycles. The largest absolute Gasteiger partial charge is 0.493 e. The Morgan fingerprint density at radius 2 is 1.89 bits per heavy atom. The van der Waals surface area contributed by atoms with Crippen molar-refractivity contribution in [1.82, 2.24) is 19.9 Å². The van der Waals surface area contributed by atoms with Crippen molar-refractivity contribution in [2.45, 2.75) is 26.3 Å². The first kappa shape index (κ1) is 19.2. The van der Waals surface area contributed by atoms with Crippen LogP contribution in [-0.2, 0) is 13.0 Å². The van der Waals surface area contributed by atoms with Crippen LogP contribution in [0.5, 0.6) is 11.5 Å². The van der Waals surface area contributed by atoms with E-state index in [0.29, 0.717) is 42.6 Å². The number of hydrogen-bond acceptors (Lipinski definition) is 7. The number of hydrogen-bond donors (Lipinski definition) is 0. The maximum absolute atomic E-state index is 12.8. The Balaban J connectivity index is 1.56. The number of carbonyl (C=O) groups is 1. The smallest absolute Gasteiger partial charge is 0.254 e. The molecule has 0 atom stereocenters. The van der Waals surface area contributed by atoms with Crippen LogP contribution in [0.1, 0.15) is 35.4 Å². The molecule has 146 valence electrons. The number of nitrogens with zero attached hydrogens (tertiary/aromatic N) is 4. The number of ether oxygens (including phenoxy) is 2. The molecule has 1 saturated heterocycles. The third-order valence-corrected chi connectivity index (χ3v) is 4.63. The number of aromatic nitrogens is 2. The van der Waals surface area contributed by atoms with E-state index in [-0.39, 0.29) is 5.91 Å². The number of methoxy groups -OCH3 is 2. The number of amides is 1. The van der Waals surface area contributed by atoms with Gasteiger partial charge in [0.05, 0.1) is 20.8 Å². The van der Waals surface area contributed by atoms with Crippen molar-refractivity contribution in [1.29, 1.82) is 0 Å². The van der Waals surface area contributed by atoms with Crippen LogP contribution in [0.15, 0.2) is 22.7 Å². The maximum Gasteiger partial charge on any atom is 0.254 e. The summed E-state index contributed by atoms with van der Waals surface area (Å²) < 4.78 is 15.8. The van der Waals surface area contributed by atoms with Crippen LogP contribution >= 0.6 is 0 Å². The van der Waals surface area contributed by atoms with Crippen molar-refractivity contribution < 1.29 is 18.8 Å². The molecule has 0 saturated carbocycles. The first-order chi connectivity index (χ1) is 13.1. The second-order valence-corrected chi connectivity index (χ2v) is 6.49. The van der Waals surface area contributed by atoms with E-state index >= 15 is 0 Å². The SMILES string of the molecule is CCCc1noc(CN2CCN(C(=O)c3ccc(OC)c(OC)c3)CC2)n1. The Morgan fingerprint density at radius 3 is 2.56 bits per heavy atom. The quantitative estimate of drug-likeness (QED) is 0.733. The molecule has 0 aliphatic carbocycles. The van der Waals surface area contributed by atoms with E-state index < -0.39 is 0 Å². The van der Waals surface area contributed by atoms with Crippen LogP contribution in [0, 0.1) is 0 Å². The van der Waals surface area contributed by atoms with Crippen LogP contribution in [0.2, 0.25) is 0 Å². The third kappa shape index (κ3) is 4.57. The van der Waals surface area contributed by atoms with Gasteiger partial charge in [-0.05, 0) is 24.6 Å². The maximum atomic E-state index is 12.8. The van der Waals surface area contributed by atoms with Gasteiger partial charge in [-0.15, -0.1) is 0 Å². The molecular weight excluding hydrogens is 348 g/mol. The van der Waals surface area contributed by atoms with Crippen molar-refractivity contribution in [3.63, 3.8) is 0 Å². The minimum Gasteiger partial charge on any atom is -0.493 e. The molecule has 0 spiro atoms. The zero-order valence-electron chi connectivity index (χ0n) is 16.1. The molecular formula is C19H26N4O4. The fraction of sp³-hybridized carbons (Fsp3) is 0.526. The van der Waals surface area contributed by atoms with Gasteiger partial charge in [0.25, 0.3) is 5.91 Å². The van der Waals surface area contributed by atoms with Gasteiger partial charge in [0.1, 0.15) is 0 Å². The molecule has 8 heteroatoms. The molecule has 27 heavy (non-hydrogen) atoms. The van der Waals surface area contributed by atoms with Crippen LogP contribution in [0.3, 0.4) is 0 Å². The van der Waals surface area contributed by atoms with Gasteiger partial charge in [-0.25, -0.2) is 0 Å². The summed E-state index contributed by atoms with van der Waals surface area (Å²) in [7, 11) is 3.14. The molecule has 0 radical (unpaired) electrons. The first-order valence-electron chi connectivity index (χ1n) is 9.19. The minimum absolute atomic E-state index is 0.00127. The highest BCUT2D eigenvalue weighted by molar-refractivity contribution is 5.95. The number of benzene rings is 1. The molecule has 2 aromatic rings. The van der Waals surface area contributed by atoms with E-state index in [0.717, 1.165) is 31.8 Å². The van der Waals surface area contributed by atoms with Crippen LogP contribution < -0.4 is 9.47 Å². The van der Waals surface area contributed by atoms with E-state index in [4.69, 9.17) is 14.0 Å². The average molecular weight is 374 g/mol. The highest BCUT2D eigenvalue weighted by atomic mass is 16.5. The van der Waals surface area contributed by atoms with Crippen LogP contribution in [-0.4, -0.2) is 66.2 Å². The van der Waals surface area contributed by atoms with Crippen molar-refractivity contribution in [2.75, 3.05) is 40.4 Å². The lowest BCUT2D eigenvalue weighted by Gasteiger charge is -2.34. The Morgan fingerprint density at radius 1 is 1.15 bits per heavy atom. The molecule has 0 bridgehead atoms. The number of carbonyl (C=O) groups excluding carboxylic acids is 1. The van der Waals surface area contributed by atoms with E-state index in [1.807, 2.05) is 4.90 Å². The Hall–Kier alpha value is -2.61. The predicted octanol–water partition coefficient (Wildman–Crippen LogP) is 2.00. The molecule has 1 amide bonds. The van der Waals surface area contributed by atoms with Crippen molar-refractivity contribution in [3.05, 3.63) is 35.5 Å². The summed E-state index contributed by atoms with van der Waals surface area (Å²) in [6, 6.07) is 5.25. The molecule has 0 N–H and O–H groups in total. The van der Waals surface area contributed by atoms with E-state index in [1.165, 1.54) is 0 Å². The highest BCUT2D eigenvalue weighted by Crippen LogP contribution is 2.28. The van der Waals surface area contributed by atoms with Gasteiger partial charge < -0.3 is 18.9 Å². The molecule has 1 aliphatic heterocycles. The van der Waals surface area contributed by atoms with Crippen molar-refractivity contribution in [2.24, 2.45) is 0 Å². The Bertz CT molecular complexity index is 769. The van der Waals surface area contributed by atoms with Gasteiger partial charge >= 0.3 is 0 Å². The summed E-state index contributed by atoms with van der Waals surface area (Å²) in [5, 5.41) is 3.99. The molecule has 1 fully saturated rings. The number of rotatable bonds is 7. The molecule has 8 nitrogen and oxygen atoms in total. The fourth-order valence-corrected chi connectivity index (χ4v) is 3.13. The van der Waals surface area contributed by atoms with E-state index in [9.17, 15) is 4.79 Å². The molecule has 1 aromatic carbocycles. The second-order valence-electron chi connectivity index (χ2n) is 6.49. The second kappa shape index (κ2) is 8.85. The number of piperazine rings is 1. The molecule has 0 unspecified atom stereocenters. The van der Waals surface area contributed by atoms with Crippen LogP contribution in [0.25, 0.3) is 0 Å². The van der Waals surface area contributed by atoms with Gasteiger partial charge in [0.2, 0.25) is 5.89 Å². The van der Waals surface area contributed by atoms with Gasteiger partial charge in [-0.3, -0.25) is 9.69 Å². The van der Waals surface area contributed by atoms with Gasteiger partial charge in [-0.1, -0.05) is 12.1 Å². The monoisotopic (exact) mass is 374 g/mol. The summed E-state index contributed by atoms with van der Waals surface area (Å²) in [4.78, 5) is 21.3. The van der Waals surface area contributed by atoms with Crippen molar-refractivity contribution >= 4 is 5.91 Å². The topological polar surface area (TPSA) is 80.9 Å². The molecule has 1 aliphatic rings. The third-order valence-electron chi connectivity index (χ3n) is 4.63. The van der Waals surface area contributed by atoms with E-state index in [2.05, 4.69) is 22.0 Å². The normalized spacial score (nSPS) is 15.0. The Kier molecular flexibility index (Phi) is 6.28. The van der Waals surface area contributed by atoms with Gasteiger partial charge in [-0.2, -0.15) is 4.98 Å². The summed E-state index contributed by atoms with van der Waals surface area (Å²) in [5.74, 6) is 2.56. The summed E-state index contributed by atoms with van der Waals surface area (Å²) >= 11 is 0. The number of aryl methyl sites for hydroxylation is 1. The minimum atomic E-state index is -0.00127. The molecule has 3 rings (SSSR count). The van der Waals surface area contributed by atoms with Gasteiger partial charge in [0.15, 0.2) is 17.3 Å². The summed E-state index contributed by atoms with van der Waals surface area (Å²) in [6.07, 6.45) is 1.83. The van der Waals surface area contributed by atoms with Crippen LogP contribution in [0.4, 0.5) is 0 Å². The lowest BCUT2D eigenvalue weighted by atomic mass is 10.1. The van der Waals surface area contributed by atoms with E-state index in [1.54, 1.807) is 32.4 Å². The average Bonchev–Trinajstić information content (AvgIpc) is 3.14. The lowest BCUT2D eigenvalue weighted by molar-refractivity contribution is 0.0614. The Labute approximate surface area is 159 Å². The molecule has 1 aromatic heterocycles.